The molecule has 0 aliphatic heterocycles. The van der Waals surface area contributed by atoms with Gasteiger partial charge in [0.15, 0.2) is 0 Å². The number of rotatable bonds is 6. The van der Waals surface area contributed by atoms with Gasteiger partial charge in [0.05, 0.1) is 22.1 Å². The maximum atomic E-state index is 6.04. The van der Waals surface area contributed by atoms with Crippen molar-refractivity contribution in [2.24, 2.45) is 4.99 Å². The lowest BCUT2D eigenvalue weighted by molar-refractivity contribution is 0.478. The Morgan fingerprint density at radius 3 is 2.50 bits per heavy atom. The average Bonchev–Trinajstić information content (AvgIpc) is 2.53. The third-order valence-electron chi connectivity index (χ3n) is 3.58. The van der Waals surface area contributed by atoms with Gasteiger partial charge in [0.1, 0.15) is 11.5 Å². The van der Waals surface area contributed by atoms with E-state index in [1.54, 1.807) is 18.2 Å². The number of hydrogen-bond donors (Lipinski definition) is 0. The van der Waals surface area contributed by atoms with E-state index in [0.29, 0.717) is 15.8 Å². The lowest BCUT2D eigenvalue weighted by Gasteiger charge is -2.13. The third-order valence-corrected chi connectivity index (χ3v) is 4.32. The molecule has 0 saturated heterocycles. The molecule has 24 heavy (non-hydrogen) atoms. The quantitative estimate of drug-likeness (QED) is 0.437. The summed E-state index contributed by atoms with van der Waals surface area (Å²) in [4.78, 5) is 6.64. The van der Waals surface area contributed by atoms with Crippen LogP contribution in [-0.4, -0.2) is 24.8 Å². The topological polar surface area (TPSA) is 24.8 Å². The first kappa shape index (κ1) is 18.6. The van der Waals surface area contributed by atoms with E-state index in [1.165, 1.54) is 0 Å². The largest absolute Gasteiger partial charge is 0.457 e. The zero-order chi connectivity index (χ0) is 17.7. The Morgan fingerprint density at radius 2 is 1.83 bits per heavy atom. The number of aliphatic imine (C=N–C) groups is 1. The molecule has 0 aliphatic rings. The molecule has 0 radical (unpaired) electrons. The highest BCUT2D eigenvalue weighted by Gasteiger charge is 2.08. The molecule has 0 heterocycles. The van der Waals surface area contributed by atoms with Crippen molar-refractivity contribution >= 4 is 35.2 Å². The minimum absolute atomic E-state index is 0.476. The molecular formula is C19H22Cl2N2O. The first-order valence-electron chi connectivity index (χ1n) is 7.89. The Labute approximate surface area is 153 Å². The summed E-state index contributed by atoms with van der Waals surface area (Å²) < 4.78 is 5.94. The Balaban J connectivity index is 2.21. The van der Waals surface area contributed by atoms with Gasteiger partial charge in [-0.1, -0.05) is 30.1 Å². The lowest BCUT2D eigenvalue weighted by atomic mass is 10.1. The second-order valence-electron chi connectivity index (χ2n) is 5.81. The molecule has 5 heteroatoms. The SMILES string of the molecule is CCCN(C)/C=N/c1cc(C)c(Oc2ccc(Cl)c(Cl)c2)cc1C. The van der Waals surface area contributed by atoms with Gasteiger partial charge in [0.25, 0.3) is 0 Å². The van der Waals surface area contributed by atoms with Crippen LogP contribution < -0.4 is 4.74 Å². The van der Waals surface area contributed by atoms with Crippen molar-refractivity contribution in [3.8, 4) is 11.5 Å². The van der Waals surface area contributed by atoms with Crippen molar-refractivity contribution in [1.29, 1.82) is 0 Å². The van der Waals surface area contributed by atoms with Crippen LogP contribution in [-0.2, 0) is 0 Å². The molecule has 2 rings (SSSR count). The second-order valence-corrected chi connectivity index (χ2v) is 6.62. The van der Waals surface area contributed by atoms with Crippen molar-refractivity contribution in [2.75, 3.05) is 13.6 Å². The average molecular weight is 365 g/mol. The molecule has 0 atom stereocenters. The van der Waals surface area contributed by atoms with Crippen molar-refractivity contribution in [3.63, 3.8) is 0 Å². The summed E-state index contributed by atoms with van der Waals surface area (Å²) in [5, 5.41) is 0.988. The standard InChI is InChI=1S/C19H22Cl2N2O/c1-5-8-23(4)12-22-18-9-14(3)19(10-13(18)2)24-15-6-7-16(20)17(21)11-15/h6-7,9-12H,5,8H2,1-4H3/b22-12+. The number of aryl methyl sites for hydroxylation is 2. The van der Waals surface area contributed by atoms with Gasteiger partial charge in [-0.05, 0) is 55.7 Å². The van der Waals surface area contributed by atoms with Crippen LogP contribution in [0.4, 0.5) is 5.69 Å². The van der Waals surface area contributed by atoms with Crippen molar-refractivity contribution < 1.29 is 4.74 Å². The number of benzene rings is 2. The molecule has 0 unspecified atom stereocenters. The van der Waals surface area contributed by atoms with Crippen LogP contribution in [0.3, 0.4) is 0 Å². The van der Waals surface area contributed by atoms with E-state index < -0.39 is 0 Å². The van der Waals surface area contributed by atoms with E-state index in [-0.39, 0.29) is 0 Å². The van der Waals surface area contributed by atoms with Crippen LogP contribution in [0.2, 0.25) is 10.0 Å². The normalized spacial score (nSPS) is 11.1. The Bertz CT molecular complexity index is 744. The Kier molecular flexibility index (Phi) is 6.52. The minimum Gasteiger partial charge on any atom is -0.457 e. The maximum absolute atomic E-state index is 6.04. The summed E-state index contributed by atoms with van der Waals surface area (Å²) in [6.45, 7) is 7.16. The molecule has 2 aromatic carbocycles. The van der Waals surface area contributed by atoms with E-state index in [9.17, 15) is 0 Å². The van der Waals surface area contributed by atoms with Gasteiger partial charge in [-0.25, -0.2) is 4.99 Å². The number of nitrogens with zero attached hydrogens (tertiary/aromatic N) is 2. The summed E-state index contributed by atoms with van der Waals surface area (Å²) in [5.74, 6) is 1.44. The zero-order valence-electron chi connectivity index (χ0n) is 14.4. The van der Waals surface area contributed by atoms with Crippen molar-refractivity contribution in [1.82, 2.24) is 4.90 Å². The molecule has 0 spiro atoms. The van der Waals surface area contributed by atoms with Crippen LogP contribution in [0.1, 0.15) is 24.5 Å². The van der Waals surface area contributed by atoms with Crippen LogP contribution >= 0.6 is 23.2 Å². The second kappa shape index (κ2) is 8.41. The minimum atomic E-state index is 0.476. The van der Waals surface area contributed by atoms with Gasteiger partial charge in [-0.15, -0.1) is 0 Å². The molecule has 0 saturated carbocycles. The smallest absolute Gasteiger partial charge is 0.130 e. The van der Waals surface area contributed by atoms with E-state index in [2.05, 4.69) is 16.8 Å². The van der Waals surface area contributed by atoms with Gasteiger partial charge in [-0.2, -0.15) is 0 Å². The molecule has 2 aromatic rings. The summed E-state index contributed by atoms with van der Waals surface area (Å²) in [7, 11) is 2.02. The molecule has 3 nitrogen and oxygen atoms in total. The van der Waals surface area contributed by atoms with E-state index in [0.717, 1.165) is 35.5 Å². The zero-order valence-corrected chi connectivity index (χ0v) is 15.9. The highest BCUT2D eigenvalue weighted by Crippen LogP contribution is 2.33. The molecule has 128 valence electrons. The summed E-state index contributed by atoms with van der Waals surface area (Å²) in [5.41, 5.74) is 3.01. The van der Waals surface area contributed by atoms with Crippen molar-refractivity contribution in [2.45, 2.75) is 27.2 Å². The predicted octanol–water partition coefficient (Wildman–Crippen LogP) is 6.40. The molecule has 0 fully saturated rings. The van der Waals surface area contributed by atoms with E-state index >= 15 is 0 Å². The summed E-state index contributed by atoms with van der Waals surface area (Å²) >= 11 is 12.0. The van der Waals surface area contributed by atoms with Crippen LogP contribution in [0.15, 0.2) is 35.3 Å². The predicted molar refractivity (Wildman–Crippen MR) is 104 cm³/mol. The highest BCUT2D eigenvalue weighted by atomic mass is 35.5. The first-order valence-corrected chi connectivity index (χ1v) is 8.65. The highest BCUT2D eigenvalue weighted by molar-refractivity contribution is 6.42. The maximum Gasteiger partial charge on any atom is 0.130 e. The number of ether oxygens (including phenoxy) is 1. The molecule has 0 N–H and O–H groups in total. The van der Waals surface area contributed by atoms with Gasteiger partial charge in [-0.3, -0.25) is 0 Å². The monoisotopic (exact) mass is 364 g/mol. The fourth-order valence-electron chi connectivity index (χ4n) is 2.26. The Hall–Kier alpha value is -1.71. The molecule has 0 bridgehead atoms. The van der Waals surface area contributed by atoms with Gasteiger partial charge in [0, 0.05) is 19.7 Å². The molecule has 0 amide bonds. The Morgan fingerprint density at radius 1 is 1.08 bits per heavy atom. The molecule has 0 aliphatic carbocycles. The number of halogens is 2. The molecule has 0 aromatic heterocycles. The van der Waals surface area contributed by atoms with Crippen molar-refractivity contribution in [3.05, 3.63) is 51.5 Å². The number of hydrogen-bond acceptors (Lipinski definition) is 2. The third kappa shape index (κ3) is 4.89. The fraction of sp³-hybridized carbons (Fsp3) is 0.316. The van der Waals surface area contributed by atoms with Crippen LogP contribution in [0.5, 0.6) is 11.5 Å². The van der Waals surface area contributed by atoms with Gasteiger partial charge >= 0.3 is 0 Å². The lowest BCUT2D eigenvalue weighted by Crippen LogP contribution is -2.16. The summed E-state index contributed by atoms with van der Waals surface area (Å²) in [6, 6.07) is 9.26. The van der Waals surface area contributed by atoms with Crippen LogP contribution in [0, 0.1) is 13.8 Å². The van der Waals surface area contributed by atoms with E-state index in [4.69, 9.17) is 27.9 Å². The van der Waals surface area contributed by atoms with E-state index in [1.807, 2.05) is 39.4 Å². The molecular weight excluding hydrogens is 343 g/mol. The van der Waals surface area contributed by atoms with Gasteiger partial charge < -0.3 is 9.64 Å². The summed E-state index contributed by atoms with van der Waals surface area (Å²) in [6.07, 6.45) is 2.96. The van der Waals surface area contributed by atoms with Gasteiger partial charge in [0.2, 0.25) is 0 Å². The fourth-order valence-corrected chi connectivity index (χ4v) is 2.55. The first-order chi connectivity index (χ1) is 11.4. The van der Waals surface area contributed by atoms with Crippen LogP contribution in [0.25, 0.3) is 0 Å².